The quantitative estimate of drug-likeness (QED) is 0.171. The van der Waals surface area contributed by atoms with Gasteiger partial charge in [-0.3, -0.25) is 0 Å². The first-order chi connectivity index (χ1) is 24.8. The molecule has 0 amide bonds. The van der Waals surface area contributed by atoms with Crippen LogP contribution < -0.4 is 9.80 Å². The van der Waals surface area contributed by atoms with Gasteiger partial charge in [-0.25, -0.2) is 0 Å². The van der Waals surface area contributed by atoms with E-state index in [1.807, 2.05) is 0 Å². The second-order valence-corrected chi connectivity index (χ2v) is 13.0. The fourth-order valence-electron chi connectivity index (χ4n) is 7.52. The van der Waals surface area contributed by atoms with Crippen molar-refractivity contribution in [2.75, 3.05) is 9.80 Å². The van der Waals surface area contributed by atoms with E-state index in [0.29, 0.717) is 12.0 Å². The molecule has 0 bridgehead atoms. The molecule has 0 radical (unpaired) electrons. The zero-order valence-electron chi connectivity index (χ0n) is 27.7. The zero-order valence-corrected chi connectivity index (χ0v) is 27.7. The monoisotopic (exact) mass is 640 g/mol. The lowest BCUT2D eigenvalue weighted by Crippen LogP contribution is -2.28. The number of hydrogen-bond acceptors (Lipinski definition) is 2. The average molecular weight is 641 g/mol. The summed E-state index contributed by atoms with van der Waals surface area (Å²) >= 11 is 0. The lowest BCUT2D eigenvalue weighted by atomic mass is 9.91. The van der Waals surface area contributed by atoms with Gasteiger partial charge in [0.25, 0.3) is 0 Å². The molecule has 7 aromatic rings. The molecule has 0 N–H and O–H groups in total. The topological polar surface area (TPSA) is 6.48 Å². The summed E-state index contributed by atoms with van der Waals surface area (Å²) in [5.41, 5.74) is 14.5. The maximum atomic E-state index is 2.48. The van der Waals surface area contributed by atoms with Crippen molar-refractivity contribution in [3.8, 4) is 33.4 Å². The van der Waals surface area contributed by atoms with Gasteiger partial charge in [-0.2, -0.15) is 0 Å². The second-order valence-electron chi connectivity index (χ2n) is 13.0. The molecule has 1 aliphatic heterocycles. The molecule has 50 heavy (non-hydrogen) atoms. The van der Waals surface area contributed by atoms with Crippen molar-refractivity contribution in [1.29, 1.82) is 0 Å². The van der Waals surface area contributed by atoms with Gasteiger partial charge >= 0.3 is 0 Å². The van der Waals surface area contributed by atoms with Crippen molar-refractivity contribution in [2.45, 2.75) is 12.0 Å². The molecule has 1 aliphatic carbocycles. The minimum absolute atomic E-state index is 0.303. The van der Waals surface area contributed by atoms with Gasteiger partial charge in [0.15, 0.2) is 0 Å². The Hall–Kier alpha value is -6.38. The molecule has 7 aromatic carbocycles. The Labute approximate surface area is 294 Å². The van der Waals surface area contributed by atoms with E-state index >= 15 is 0 Å². The Morgan fingerprint density at radius 2 is 0.760 bits per heavy atom. The summed E-state index contributed by atoms with van der Waals surface area (Å²) in [7, 11) is 0. The van der Waals surface area contributed by atoms with E-state index in [1.165, 1.54) is 50.3 Å². The molecule has 0 saturated carbocycles. The number of anilines is 5. The van der Waals surface area contributed by atoms with E-state index in [9.17, 15) is 0 Å². The number of nitrogens with zero attached hydrogens (tertiary/aromatic N) is 2. The third kappa shape index (κ3) is 5.51. The third-order valence-corrected chi connectivity index (χ3v) is 10.0. The first-order valence-corrected chi connectivity index (χ1v) is 17.3. The Kier molecular flexibility index (Phi) is 7.68. The standard InChI is InChI=1S/C48H36N2/c1-3-11-35(12-4-1)37-19-27-41(28-20-37)49(42-29-21-38(22-30-42)36-13-5-2-6-14-36)43-31-23-39(24-32-43)40-25-33-44(34-26-40)50-47-17-9-7-15-45(47)46-16-8-10-18-48(46)50/h1-34,45,47H. The van der Waals surface area contributed by atoms with Crippen LogP contribution in [0.1, 0.15) is 11.5 Å². The molecule has 1 heterocycles. The highest BCUT2D eigenvalue weighted by Crippen LogP contribution is 2.47. The van der Waals surface area contributed by atoms with Crippen LogP contribution in [0.4, 0.5) is 28.4 Å². The lowest BCUT2D eigenvalue weighted by molar-refractivity contribution is 0.745. The molecule has 0 spiro atoms. The highest BCUT2D eigenvalue weighted by Gasteiger charge is 2.36. The van der Waals surface area contributed by atoms with E-state index in [2.05, 4.69) is 216 Å². The maximum Gasteiger partial charge on any atom is 0.0629 e. The summed E-state index contributed by atoms with van der Waals surface area (Å²) in [6, 6.07) is 66.0. The summed E-state index contributed by atoms with van der Waals surface area (Å²) in [4.78, 5) is 4.82. The van der Waals surface area contributed by atoms with E-state index in [0.717, 1.165) is 17.1 Å². The largest absolute Gasteiger partial charge is 0.333 e. The van der Waals surface area contributed by atoms with Crippen LogP contribution in [0.5, 0.6) is 0 Å². The summed E-state index contributed by atoms with van der Waals surface area (Å²) in [6.45, 7) is 0. The minimum atomic E-state index is 0.303. The van der Waals surface area contributed by atoms with E-state index in [1.54, 1.807) is 0 Å². The molecule has 0 aromatic heterocycles. The minimum Gasteiger partial charge on any atom is -0.333 e. The van der Waals surface area contributed by atoms with Crippen molar-refractivity contribution in [1.82, 2.24) is 0 Å². The van der Waals surface area contributed by atoms with Crippen LogP contribution in [-0.2, 0) is 0 Å². The van der Waals surface area contributed by atoms with Gasteiger partial charge in [0.1, 0.15) is 0 Å². The van der Waals surface area contributed by atoms with Gasteiger partial charge in [-0.1, -0.05) is 152 Å². The molecule has 0 fully saturated rings. The lowest BCUT2D eigenvalue weighted by Gasteiger charge is -2.29. The Balaban J connectivity index is 1.03. The van der Waals surface area contributed by atoms with Crippen LogP contribution in [0.15, 0.2) is 206 Å². The molecule has 238 valence electrons. The van der Waals surface area contributed by atoms with Gasteiger partial charge in [0.05, 0.1) is 6.04 Å². The normalized spacial score (nSPS) is 15.8. The van der Waals surface area contributed by atoms with Crippen LogP contribution >= 0.6 is 0 Å². The summed E-state index contributed by atoms with van der Waals surface area (Å²) < 4.78 is 0. The van der Waals surface area contributed by atoms with Crippen molar-refractivity contribution < 1.29 is 0 Å². The molecular formula is C48H36N2. The fourth-order valence-corrected chi connectivity index (χ4v) is 7.52. The SMILES string of the molecule is C1=CC2c3ccccc3N(c3ccc(-c4ccc(N(c5ccc(-c6ccccc6)cc5)c5ccc(-c6ccccc6)cc5)cc4)cc3)C2C=C1. The predicted molar refractivity (Wildman–Crippen MR) is 211 cm³/mol. The predicted octanol–water partition coefficient (Wildman–Crippen LogP) is 12.9. The summed E-state index contributed by atoms with van der Waals surface area (Å²) in [5.74, 6) is 0.385. The number of fused-ring (bicyclic) bond motifs is 3. The van der Waals surface area contributed by atoms with E-state index in [-0.39, 0.29) is 0 Å². The van der Waals surface area contributed by atoms with Crippen LogP contribution in [0.25, 0.3) is 33.4 Å². The van der Waals surface area contributed by atoms with Crippen molar-refractivity contribution >= 4 is 28.4 Å². The van der Waals surface area contributed by atoms with Gasteiger partial charge in [0, 0.05) is 34.4 Å². The van der Waals surface area contributed by atoms with Crippen molar-refractivity contribution in [3.63, 3.8) is 0 Å². The van der Waals surface area contributed by atoms with Crippen LogP contribution in [-0.4, -0.2) is 6.04 Å². The number of para-hydroxylation sites is 1. The molecule has 2 nitrogen and oxygen atoms in total. The molecule has 2 atom stereocenters. The second kappa shape index (κ2) is 12.9. The van der Waals surface area contributed by atoms with Gasteiger partial charge in [-0.15, -0.1) is 0 Å². The van der Waals surface area contributed by atoms with Crippen LogP contribution in [0.3, 0.4) is 0 Å². The average Bonchev–Trinajstić information content (AvgIpc) is 3.54. The maximum absolute atomic E-state index is 2.48. The number of rotatable bonds is 7. The Morgan fingerprint density at radius 1 is 0.360 bits per heavy atom. The third-order valence-electron chi connectivity index (χ3n) is 10.0. The molecule has 9 rings (SSSR count). The highest BCUT2D eigenvalue weighted by atomic mass is 15.2. The van der Waals surface area contributed by atoms with Crippen LogP contribution in [0.2, 0.25) is 0 Å². The van der Waals surface area contributed by atoms with E-state index < -0.39 is 0 Å². The Morgan fingerprint density at radius 3 is 1.26 bits per heavy atom. The van der Waals surface area contributed by atoms with Crippen LogP contribution in [0, 0.1) is 0 Å². The smallest absolute Gasteiger partial charge is 0.0629 e. The molecule has 2 heteroatoms. The Bertz CT molecular complexity index is 2200. The summed E-state index contributed by atoms with van der Waals surface area (Å²) in [6.07, 6.45) is 9.01. The van der Waals surface area contributed by atoms with E-state index in [4.69, 9.17) is 0 Å². The molecule has 0 saturated heterocycles. The first kappa shape index (κ1) is 29.7. The van der Waals surface area contributed by atoms with Crippen molar-refractivity contribution in [3.05, 3.63) is 212 Å². The van der Waals surface area contributed by atoms with Gasteiger partial charge in [-0.05, 0) is 93.5 Å². The first-order valence-electron chi connectivity index (χ1n) is 17.3. The van der Waals surface area contributed by atoms with Gasteiger partial charge < -0.3 is 9.80 Å². The zero-order chi connectivity index (χ0) is 33.3. The molecule has 2 aliphatic rings. The number of benzene rings is 7. The molecular weight excluding hydrogens is 605 g/mol. The summed E-state index contributed by atoms with van der Waals surface area (Å²) in [5, 5.41) is 0. The fraction of sp³-hybridized carbons (Fsp3) is 0.0417. The van der Waals surface area contributed by atoms with Gasteiger partial charge in [0.2, 0.25) is 0 Å². The molecule has 2 unspecified atom stereocenters. The number of allylic oxidation sites excluding steroid dienone is 2. The van der Waals surface area contributed by atoms with Crippen molar-refractivity contribution in [2.24, 2.45) is 0 Å². The highest BCUT2D eigenvalue weighted by molar-refractivity contribution is 5.82. The number of hydrogen-bond donors (Lipinski definition) is 0.